The van der Waals surface area contributed by atoms with Crippen molar-refractivity contribution in [3.8, 4) is 0 Å². The minimum Gasteiger partial charge on any atom is -0.469 e. The molecule has 1 aromatic rings. The van der Waals surface area contributed by atoms with Crippen LogP contribution in [0.3, 0.4) is 0 Å². The summed E-state index contributed by atoms with van der Waals surface area (Å²) in [6, 6.07) is 3.37. The van der Waals surface area contributed by atoms with E-state index in [0.717, 1.165) is 12.2 Å². The van der Waals surface area contributed by atoms with Crippen molar-refractivity contribution in [2.75, 3.05) is 13.1 Å². The lowest BCUT2D eigenvalue weighted by molar-refractivity contribution is -0.133. The van der Waals surface area contributed by atoms with Crippen molar-refractivity contribution in [3.63, 3.8) is 0 Å². The van der Waals surface area contributed by atoms with Gasteiger partial charge >= 0.3 is 0 Å². The average Bonchev–Trinajstić information content (AvgIpc) is 2.86. The maximum Gasteiger partial charge on any atom is 0.245 e. The Morgan fingerprint density at radius 3 is 3.00 bits per heavy atom. The summed E-state index contributed by atoms with van der Waals surface area (Å²) in [6.07, 6.45) is 4.27. The standard InChI is InChI=1S/C14H20N2O3/c1-2-4-12-14(18)16(9-7-13(17)15-12)8-6-11-5-3-10-19-11/h3,5,10,12H,2,4,6-9H2,1H3,(H,15,17). The van der Waals surface area contributed by atoms with Gasteiger partial charge in [-0.1, -0.05) is 13.3 Å². The Kier molecular flexibility index (Phi) is 4.60. The van der Waals surface area contributed by atoms with Crippen LogP contribution in [0.15, 0.2) is 22.8 Å². The molecule has 0 spiro atoms. The zero-order valence-electron chi connectivity index (χ0n) is 11.2. The van der Waals surface area contributed by atoms with E-state index in [0.29, 0.717) is 32.4 Å². The number of hydrogen-bond donors (Lipinski definition) is 1. The monoisotopic (exact) mass is 264 g/mol. The first kappa shape index (κ1) is 13.6. The molecule has 5 heteroatoms. The number of amides is 2. The number of hydrogen-bond acceptors (Lipinski definition) is 3. The Labute approximate surface area is 113 Å². The second-order valence-corrected chi connectivity index (χ2v) is 4.81. The third kappa shape index (κ3) is 3.59. The maximum absolute atomic E-state index is 12.3. The summed E-state index contributed by atoms with van der Waals surface area (Å²) < 4.78 is 5.27. The largest absolute Gasteiger partial charge is 0.469 e. The highest BCUT2D eigenvalue weighted by Crippen LogP contribution is 2.10. The van der Waals surface area contributed by atoms with Gasteiger partial charge in [-0.25, -0.2) is 0 Å². The third-order valence-electron chi connectivity index (χ3n) is 3.34. The fraction of sp³-hybridized carbons (Fsp3) is 0.571. The molecule has 0 aliphatic carbocycles. The first-order valence-electron chi connectivity index (χ1n) is 6.81. The van der Waals surface area contributed by atoms with Crippen LogP contribution in [0.25, 0.3) is 0 Å². The van der Waals surface area contributed by atoms with E-state index < -0.39 is 0 Å². The molecule has 1 aromatic heterocycles. The number of carbonyl (C=O) groups excluding carboxylic acids is 2. The lowest BCUT2D eigenvalue weighted by Gasteiger charge is -2.23. The lowest BCUT2D eigenvalue weighted by atomic mass is 10.1. The molecule has 0 saturated carbocycles. The number of nitrogens with zero attached hydrogens (tertiary/aromatic N) is 1. The predicted molar refractivity (Wildman–Crippen MR) is 70.4 cm³/mol. The van der Waals surface area contributed by atoms with Crippen LogP contribution in [0.4, 0.5) is 0 Å². The zero-order chi connectivity index (χ0) is 13.7. The molecular weight excluding hydrogens is 244 g/mol. The summed E-state index contributed by atoms with van der Waals surface area (Å²) in [6.45, 7) is 3.10. The van der Waals surface area contributed by atoms with Crippen molar-refractivity contribution in [1.29, 1.82) is 0 Å². The van der Waals surface area contributed by atoms with Gasteiger partial charge in [-0.05, 0) is 18.6 Å². The summed E-state index contributed by atoms with van der Waals surface area (Å²) in [5.74, 6) is 0.856. The molecule has 0 bridgehead atoms. The van der Waals surface area contributed by atoms with Gasteiger partial charge < -0.3 is 14.6 Å². The number of rotatable bonds is 5. The van der Waals surface area contributed by atoms with E-state index in [4.69, 9.17) is 4.42 Å². The van der Waals surface area contributed by atoms with Gasteiger partial charge in [-0.3, -0.25) is 9.59 Å². The second kappa shape index (κ2) is 6.41. The molecule has 1 aliphatic heterocycles. The van der Waals surface area contributed by atoms with Crippen LogP contribution in [0.5, 0.6) is 0 Å². The Hall–Kier alpha value is -1.78. The molecule has 19 heavy (non-hydrogen) atoms. The Morgan fingerprint density at radius 2 is 2.32 bits per heavy atom. The van der Waals surface area contributed by atoms with Crippen molar-refractivity contribution in [2.45, 2.75) is 38.6 Å². The fourth-order valence-corrected chi connectivity index (χ4v) is 2.30. The summed E-state index contributed by atoms with van der Waals surface area (Å²) >= 11 is 0. The third-order valence-corrected chi connectivity index (χ3v) is 3.34. The van der Waals surface area contributed by atoms with Crippen LogP contribution >= 0.6 is 0 Å². The molecule has 104 valence electrons. The number of nitrogens with one attached hydrogen (secondary N) is 1. The molecule has 1 saturated heterocycles. The topological polar surface area (TPSA) is 62.6 Å². The molecule has 2 heterocycles. The Bertz CT molecular complexity index is 428. The predicted octanol–water partition coefficient (Wildman–Crippen LogP) is 1.34. The molecule has 1 fully saturated rings. The van der Waals surface area contributed by atoms with E-state index >= 15 is 0 Å². The Balaban J connectivity index is 1.97. The molecular formula is C14H20N2O3. The van der Waals surface area contributed by atoms with Crippen LogP contribution < -0.4 is 5.32 Å². The zero-order valence-corrected chi connectivity index (χ0v) is 11.2. The molecule has 1 aliphatic rings. The normalized spacial score (nSPS) is 20.3. The molecule has 1 atom stereocenters. The van der Waals surface area contributed by atoms with Gasteiger partial charge in [0.1, 0.15) is 11.8 Å². The first-order chi connectivity index (χ1) is 9.20. The molecule has 2 rings (SSSR count). The van der Waals surface area contributed by atoms with E-state index in [1.54, 1.807) is 11.2 Å². The molecule has 2 amide bonds. The van der Waals surface area contributed by atoms with E-state index in [9.17, 15) is 9.59 Å². The maximum atomic E-state index is 12.3. The van der Waals surface area contributed by atoms with Crippen LogP contribution in [-0.4, -0.2) is 35.8 Å². The van der Waals surface area contributed by atoms with Gasteiger partial charge in [0.15, 0.2) is 0 Å². The summed E-state index contributed by atoms with van der Waals surface area (Å²) in [5.41, 5.74) is 0. The highest BCUT2D eigenvalue weighted by Gasteiger charge is 2.28. The van der Waals surface area contributed by atoms with Crippen molar-refractivity contribution < 1.29 is 14.0 Å². The molecule has 5 nitrogen and oxygen atoms in total. The second-order valence-electron chi connectivity index (χ2n) is 4.81. The SMILES string of the molecule is CCCC1NC(=O)CCN(CCc2ccco2)C1=O. The summed E-state index contributed by atoms with van der Waals surface area (Å²) in [4.78, 5) is 25.7. The van der Waals surface area contributed by atoms with E-state index in [-0.39, 0.29) is 17.9 Å². The smallest absolute Gasteiger partial charge is 0.245 e. The quantitative estimate of drug-likeness (QED) is 0.873. The van der Waals surface area contributed by atoms with Crippen LogP contribution in [0.1, 0.15) is 31.9 Å². The van der Waals surface area contributed by atoms with Crippen LogP contribution in [0.2, 0.25) is 0 Å². The van der Waals surface area contributed by atoms with Gasteiger partial charge in [0.2, 0.25) is 11.8 Å². The van der Waals surface area contributed by atoms with Gasteiger partial charge in [-0.15, -0.1) is 0 Å². The number of carbonyl (C=O) groups is 2. The minimum atomic E-state index is -0.364. The highest BCUT2D eigenvalue weighted by molar-refractivity contribution is 5.89. The molecule has 0 radical (unpaired) electrons. The summed E-state index contributed by atoms with van der Waals surface area (Å²) in [5, 5.41) is 2.80. The molecule has 0 aromatic carbocycles. The van der Waals surface area contributed by atoms with Crippen molar-refractivity contribution in [1.82, 2.24) is 10.2 Å². The first-order valence-corrected chi connectivity index (χ1v) is 6.81. The summed E-state index contributed by atoms with van der Waals surface area (Å²) in [7, 11) is 0. The van der Waals surface area contributed by atoms with Gasteiger partial charge in [-0.2, -0.15) is 0 Å². The van der Waals surface area contributed by atoms with Crippen molar-refractivity contribution in [2.24, 2.45) is 0 Å². The van der Waals surface area contributed by atoms with Gasteiger partial charge in [0.25, 0.3) is 0 Å². The molecule has 1 unspecified atom stereocenters. The Morgan fingerprint density at radius 1 is 1.47 bits per heavy atom. The fourth-order valence-electron chi connectivity index (χ4n) is 2.30. The highest BCUT2D eigenvalue weighted by atomic mass is 16.3. The number of furan rings is 1. The van der Waals surface area contributed by atoms with Crippen molar-refractivity contribution in [3.05, 3.63) is 24.2 Å². The average molecular weight is 264 g/mol. The van der Waals surface area contributed by atoms with Crippen LogP contribution in [-0.2, 0) is 16.0 Å². The lowest BCUT2D eigenvalue weighted by Crippen LogP contribution is -2.45. The van der Waals surface area contributed by atoms with Crippen LogP contribution in [0, 0.1) is 0 Å². The van der Waals surface area contributed by atoms with Crippen molar-refractivity contribution >= 4 is 11.8 Å². The molecule has 1 N–H and O–H groups in total. The van der Waals surface area contributed by atoms with Gasteiger partial charge in [0.05, 0.1) is 6.26 Å². The van der Waals surface area contributed by atoms with E-state index in [2.05, 4.69) is 5.32 Å². The van der Waals surface area contributed by atoms with E-state index in [1.165, 1.54) is 0 Å². The minimum absolute atomic E-state index is 0.0271. The van der Waals surface area contributed by atoms with E-state index in [1.807, 2.05) is 19.1 Å². The van der Waals surface area contributed by atoms with Gasteiger partial charge in [0, 0.05) is 25.9 Å².